The molecule has 3 aliphatic heterocycles. The fraction of sp³-hybridized carbons (Fsp3) is 0.235. The van der Waals surface area contributed by atoms with E-state index >= 15 is 0 Å². The number of dihydropyridines is 2. The third-order valence-corrected chi connectivity index (χ3v) is 4.48. The number of hydrogen-bond donors (Lipinski definition) is 1. The summed E-state index contributed by atoms with van der Waals surface area (Å²) in [6.07, 6.45) is 6.45. The SMILES string of the molecule is Fc1ccc(C2C3=C(CCN=C3)NC3=C2C=COC3)cc1Cl. The Balaban J connectivity index is 1.87. The highest BCUT2D eigenvalue weighted by atomic mass is 35.5. The highest BCUT2D eigenvalue weighted by Crippen LogP contribution is 2.41. The molecular formula is C17H14ClFN2O. The summed E-state index contributed by atoms with van der Waals surface area (Å²) in [5.41, 5.74) is 5.44. The van der Waals surface area contributed by atoms with Gasteiger partial charge < -0.3 is 10.1 Å². The fourth-order valence-electron chi connectivity index (χ4n) is 3.16. The highest BCUT2D eigenvalue weighted by molar-refractivity contribution is 6.30. The van der Waals surface area contributed by atoms with E-state index in [0.29, 0.717) is 6.61 Å². The second-order valence-electron chi connectivity index (χ2n) is 5.50. The standard InChI is InChI=1S/C17H14ClFN2O/c18-13-7-10(1-2-14(13)19)17-11-4-6-22-9-16(11)21-15-3-5-20-8-12(15)17/h1-2,4,6-8,17,21H,3,5,9H2. The van der Waals surface area contributed by atoms with Gasteiger partial charge in [-0.3, -0.25) is 4.99 Å². The van der Waals surface area contributed by atoms with Crippen molar-refractivity contribution < 1.29 is 9.13 Å². The molecule has 3 aliphatic rings. The molecule has 1 atom stereocenters. The Morgan fingerprint density at radius 2 is 2.18 bits per heavy atom. The Morgan fingerprint density at radius 1 is 1.27 bits per heavy atom. The minimum Gasteiger partial charge on any atom is -0.495 e. The molecule has 0 radical (unpaired) electrons. The number of halogens is 2. The molecule has 1 N–H and O–H groups in total. The third-order valence-electron chi connectivity index (χ3n) is 4.19. The summed E-state index contributed by atoms with van der Waals surface area (Å²) in [7, 11) is 0. The lowest BCUT2D eigenvalue weighted by Gasteiger charge is -2.34. The number of ether oxygens (including phenoxy) is 1. The first-order valence-electron chi connectivity index (χ1n) is 7.20. The van der Waals surface area contributed by atoms with Crippen molar-refractivity contribution in [2.24, 2.45) is 4.99 Å². The van der Waals surface area contributed by atoms with Crippen molar-refractivity contribution in [3.05, 3.63) is 69.5 Å². The van der Waals surface area contributed by atoms with Crippen LogP contribution in [0.5, 0.6) is 0 Å². The largest absolute Gasteiger partial charge is 0.495 e. The molecule has 0 saturated heterocycles. The van der Waals surface area contributed by atoms with Crippen molar-refractivity contribution in [1.82, 2.24) is 5.32 Å². The molecular weight excluding hydrogens is 303 g/mol. The highest BCUT2D eigenvalue weighted by Gasteiger charge is 2.31. The van der Waals surface area contributed by atoms with Crippen molar-refractivity contribution in [2.45, 2.75) is 12.3 Å². The van der Waals surface area contributed by atoms with Crippen LogP contribution in [0.25, 0.3) is 0 Å². The topological polar surface area (TPSA) is 33.6 Å². The number of benzene rings is 1. The number of rotatable bonds is 1. The van der Waals surface area contributed by atoms with Gasteiger partial charge in [0.05, 0.1) is 17.0 Å². The molecule has 0 saturated carbocycles. The molecule has 0 spiro atoms. The van der Waals surface area contributed by atoms with Gasteiger partial charge in [-0.25, -0.2) is 4.39 Å². The van der Waals surface area contributed by atoms with E-state index in [0.717, 1.165) is 41.1 Å². The van der Waals surface area contributed by atoms with E-state index in [1.54, 1.807) is 18.4 Å². The Kier molecular flexibility index (Phi) is 3.26. The van der Waals surface area contributed by atoms with Gasteiger partial charge in [-0.2, -0.15) is 0 Å². The molecule has 1 aromatic carbocycles. The molecule has 112 valence electrons. The van der Waals surface area contributed by atoms with Gasteiger partial charge in [-0.15, -0.1) is 0 Å². The van der Waals surface area contributed by atoms with Crippen LogP contribution in [-0.4, -0.2) is 19.4 Å². The number of hydrogen-bond acceptors (Lipinski definition) is 3. The van der Waals surface area contributed by atoms with Gasteiger partial charge in [0.1, 0.15) is 12.4 Å². The van der Waals surface area contributed by atoms with E-state index in [4.69, 9.17) is 16.3 Å². The second-order valence-corrected chi connectivity index (χ2v) is 5.91. The molecule has 0 fully saturated rings. The van der Waals surface area contributed by atoms with Gasteiger partial charge in [0.15, 0.2) is 0 Å². The molecule has 1 unspecified atom stereocenters. The third kappa shape index (κ3) is 2.15. The maximum atomic E-state index is 13.5. The molecule has 5 heteroatoms. The van der Waals surface area contributed by atoms with Crippen LogP contribution >= 0.6 is 11.6 Å². The lowest BCUT2D eigenvalue weighted by Crippen LogP contribution is -2.31. The Morgan fingerprint density at radius 3 is 3.05 bits per heavy atom. The first kappa shape index (κ1) is 13.6. The summed E-state index contributed by atoms with van der Waals surface area (Å²) < 4.78 is 18.9. The Labute approximate surface area is 132 Å². The number of nitrogens with zero attached hydrogens (tertiary/aromatic N) is 1. The Bertz CT molecular complexity index is 726. The van der Waals surface area contributed by atoms with Gasteiger partial charge in [-0.1, -0.05) is 17.7 Å². The van der Waals surface area contributed by atoms with Crippen LogP contribution in [-0.2, 0) is 4.74 Å². The van der Waals surface area contributed by atoms with E-state index in [1.807, 2.05) is 12.3 Å². The maximum absolute atomic E-state index is 13.5. The van der Waals surface area contributed by atoms with Gasteiger partial charge in [0.25, 0.3) is 0 Å². The number of allylic oxidation sites excluding steroid dienone is 3. The van der Waals surface area contributed by atoms with E-state index < -0.39 is 5.82 Å². The molecule has 22 heavy (non-hydrogen) atoms. The zero-order chi connectivity index (χ0) is 15.1. The van der Waals surface area contributed by atoms with Gasteiger partial charge in [0, 0.05) is 36.4 Å². The van der Waals surface area contributed by atoms with Crippen molar-refractivity contribution >= 4 is 17.8 Å². The lowest BCUT2D eigenvalue weighted by molar-refractivity contribution is 0.265. The molecule has 0 aromatic heterocycles. The minimum absolute atomic E-state index is 0.00792. The van der Waals surface area contributed by atoms with Crippen LogP contribution in [0.2, 0.25) is 5.02 Å². The average molecular weight is 317 g/mol. The summed E-state index contributed by atoms with van der Waals surface area (Å²) in [6, 6.07) is 4.91. The van der Waals surface area contributed by atoms with Crippen molar-refractivity contribution in [3.8, 4) is 0 Å². The molecule has 4 rings (SSSR count). The summed E-state index contributed by atoms with van der Waals surface area (Å²) >= 11 is 5.98. The second kappa shape index (κ2) is 5.29. The zero-order valence-corrected chi connectivity index (χ0v) is 12.5. The quantitative estimate of drug-likeness (QED) is 0.857. The Hall–Kier alpha value is -2.07. The van der Waals surface area contributed by atoms with Crippen LogP contribution in [0.3, 0.4) is 0 Å². The van der Waals surface area contributed by atoms with Crippen LogP contribution in [0, 0.1) is 5.82 Å². The summed E-state index contributed by atoms with van der Waals surface area (Å²) in [5.74, 6) is -0.392. The van der Waals surface area contributed by atoms with Crippen LogP contribution in [0.15, 0.2) is 58.1 Å². The maximum Gasteiger partial charge on any atom is 0.141 e. The molecule has 1 aromatic rings. The van der Waals surface area contributed by atoms with Gasteiger partial charge >= 0.3 is 0 Å². The van der Waals surface area contributed by atoms with Gasteiger partial charge in [0.2, 0.25) is 0 Å². The van der Waals surface area contributed by atoms with Gasteiger partial charge in [-0.05, 0) is 29.3 Å². The number of aliphatic imine (C=N–C) groups is 1. The predicted molar refractivity (Wildman–Crippen MR) is 84.4 cm³/mol. The van der Waals surface area contributed by atoms with Crippen LogP contribution < -0.4 is 5.32 Å². The van der Waals surface area contributed by atoms with Crippen molar-refractivity contribution in [1.29, 1.82) is 0 Å². The normalized spacial score (nSPS) is 22.9. The zero-order valence-electron chi connectivity index (χ0n) is 11.8. The molecule has 0 bridgehead atoms. The van der Waals surface area contributed by atoms with E-state index in [1.165, 1.54) is 6.07 Å². The van der Waals surface area contributed by atoms with E-state index in [2.05, 4.69) is 10.3 Å². The lowest BCUT2D eigenvalue weighted by atomic mass is 9.79. The van der Waals surface area contributed by atoms with E-state index in [9.17, 15) is 4.39 Å². The minimum atomic E-state index is -0.400. The van der Waals surface area contributed by atoms with Crippen molar-refractivity contribution in [3.63, 3.8) is 0 Å². The molecule has 3 heterocycles. The predicted octanol–water partition coefficient (Wildman–Crippen LogP) is 3.69. The average Bonchev–Trinajstić information content (AvgIpc) is 2.55. The summed E-state index contributed by atoms with van der Waals surface area (Å²) in [6.45, 7) is 1.30. The monoisotopic (exact) mass is 316 g/mol. The molecule has 3 nitrogen and oxygen atoms in total. The molecule has 0 amide bonds. The van der Waals surface area contributed by atoms with Crippen LogP contribution in [0.4, 0.5) is 4.39 Å². The summed E-state index contributed by atoms with van der Waals surface area (Å²) in [4.78, 5) is 4.41. The smallest absolute Gasteiger partial charge is 0.141 e. The number of nitrogens with one attached hydrogen (secondary N) is 1. The fourth-order valence-corrected chi connectivity index (χ4v) is 3.35. The van der Waals surface area contributed by atoms with Crippen molar-refractivity contribution in [2.75, 3.05) is 13.2 Å². The van der Waals surface area contributed by atoms with E-state index in [-0.39, 0.29) is 10.9 Å². The first-order valence-corrected chi connectivity index (χ1v) is 7.58. The van der Waals surface area contributed by atoms with Crippen LogP contribution in [0.1, 0.15) is 17.9 Å². The first-order chi connectivity index (χ1) is 10.7. The summed E-state index contributed by atoms with van der Waals surface area (Å²) in [5, 5.41) is 3.61. The molecule has 0 aliphatic carbocycles.